The van der Waals surface area contributed by atoms with Gasteiger partial charge in [0.2, 0.25) is 5.91 Å². The van der Waals surface area contributed by atoms with E-state index in [0.29, 0.717) is 25.1 Å². The molecule has 7 heteroatoms. The average molecular weight is 422 g/mol. The number of anilines is 1. The van der Waals surface area contributed by atoms with Crippen molar-refractivity contribution in [1.82, 2.24) is 10.3 Å². The molecular formula is C23H23N3O3S. The van der Waals surface area contributed by atoms with E-state index in [1.807, 2.05) is 18.2 Å². The number of amides is 1. The molecular weight excluding hydrogens is 398 g/mol. The summed E-state index contributed by atoms with van der Waals surface area (Å²) in [4.78, 5) is 16.1. The van der Waals surface area contributed by atoms with Gasteiger partial charge >= 0.3 is 0 Å². The highest BCUT2D eigenvalue weighted by Crippen LogP contribution is 2.17. The lowest BCUT2D eigenvalue weighted by Crippen LogP contribution is -2.22. The van der Waals surface area contributed by atoms with Crippen LogP contribution in [0.1, 0.15) is 17.5 Å². The zero-order valence-corrected chi connectivity index (χ0v) is 17.2. The van der Waals surface area contributed by atoms with Crippen molar-refractivity contribution in [3.63, 3.8) is 0 Å². The molecule has 0 unspecified atom stereocenters. The van der Waals surface area contributed by atoms with E-state index in [1.165, 1.54) is 6.08 Å². The van der Waals surface area contributed by atoms with Crippen LogP contribution in [-0.2, 0) is 21.2 Å². The molecule has 0 bridgehead atoms. The number of aromatic nitrogens is 1. The molecule has 3 aromatic rings. The number of pyridine rings is 1. The van der Waals surface area contributed by atoms with Crippen LogP contribution in [-0.4, -0.2) is 25.9 Å². The van der Waals surface area contributed by atoms with E-state index in [9.17, 15) is 13.2 Å². The predicted octanol–water partition coefficient (Wildman–Crippen LogP) is 3.64. The maximum absolute atomic E-state index is 12.6. The second kappa shape index (κ2) is 10.4. The highest BCUT2D eigenvalue weighted by Gasteiger charge is 2.14. The molecule has 0 fully saturated rings. The van der Waals surface area contributed by atoms with Gasteiger partial charge in [-0.05, 0) is 60.4 Å². The van der Waals surface area contributed by atoms with Crippen LogP contribution in [0.25, 0.3) is 6.08 Å². The van der Waals surface area contributed by atoms with Crippen LogP contribution >= 0.6 is 0 Å². The Hall–Kier alpha value is -3.45. The number of nitrogens with zero attached hydrogens (tertiary/aromatic N) is 1. The Labute approximate surface area is 176 Å². The van der Waals surface area contributed by atoms with Gasteiger partial charge in [-0.1, -0.05) is 36.4 Å². The van der Waals surface area contributed by atoms with Gasteiger partial charge in [-0.25, -0.2) is 8.42 Å². The summed E-state index contributed by atoms with van der Waals surface area (Å²) in [5, 5.41) is 2.82. The van der Waals surface area contributed by atoms with Crippen molar-refractivity contribution in [2.45, 2.75) is 17.7 Å². The van der Waals surface area contributed by atoms with Crippen molar-refractivity contribution in [3.8, 4) is 0 Å². The molecule has 2 aromatic carbocycles. The van der Waals surface area contributed by atoms with Crippen LogP contribution in [0.3, 0.4) is 0 Å². The molecule has 0 atom stereocenters. The van der Waals surface area contributed by atoms with Gasteiger partial charge in [0.25, 0.3) is 10.0 Å². The largest absolute Gasteiger partial charge is 0.353 e. The number of carbonyl (C=O) groups excluding carboxylic acids is 1. The summed E-state index contributed by atoms with van der Waals surface area (Å²) in [5.74, 6) is -0.178. The van der Waals surface area contributed by atoms with Crippen LogP contribution < -0.4 is 10.0 Å². The number of rotatable bonds is 9. The van der Waals surface area contributed by atoms with Crippen LogP contribution in [0.4, 0.5) is 5.69 Å². The van der Waals surface area contributed by atoms with E-state index in [0.717, 1.165) is 11.1 Å². The molecule has 6 nitrogen and oxygen atoms in total. The van der Waals surface area contributed by atoms with E-state index < -0.39 is 10.0 Å². The number of benzene rings is 2. The van der Waals surface area contributed by atoms with Crippen LogP contribution in [0.15, 0.2) is 90.1 Å². The van der Waals surface area contributed by atoms with E-state index in [-0.39, 0.29) is 10.8 Å². The Morgan fingerprint density at radius 3 is 2.60 bits per heavy atom. The Bertz CT molecular complexity index is 1100. The van der Waals surface area contributed by atoms with Gasteiger partial charge in [0.15, 0.2) is 0 Å². The summed E-state index contributed by atoms with van der Waals surface area (Å²) < 4.78 is 27.7. The minimum Gasteiger partial charge on any atom is -0.353 e. The molecule has 0 aliphatic rings. The summed E-state index contributed by atoms with van der Waals surface area (Å²) >= 11 is 0. The maximum Gasteiger partial charge on any atom is 0.261 e. The molecule has 0 aliphatic heterocycles. The van der Waals surface area contributed by atoms with Gasteiger partial charge in [0, 0.05) is 30.7 Å². The fourth-order valence-electron chi connectivity index (χ4n) is 2.80. The van der Waals surface area contributed by atoms with Gasteiger partial charge in [0.05, 0.1) is 4.90 Å². The molecule has 0 radical (unpaired) electrons. The first-order valence-corrected chi connectivity index (χ1v) is 11.0. The Kier molecular flexibility index (Phi) is 7.34. The average Bonchev–Trinajstić information content (AvgIpc) is 2.77. The topological polar surface area (TPSA) is 88.2 Å². The van der Waals surface area contributed by atoms with E-state index >= 15 is 0 Å². The quantitative estimate of drug-likeness (QED) is 0.408. The fourth-order valence-corrected chi connectivity index (χ4v) is 3.93. The molecule has 0 spiro atoms. The van der Waals surface area contributed by atoms with Gasteiger partial charge in [-0.2, -0.15) is 0 Å². The molecule has 1 amide bonds. The standard InChI is InChI=1S/C23H23N3O3S/c27-23(14-13-20-9-5-15-24-18-20)25-16-6-8-19-7-4-12-22(17-19)30(28,29)26-21-10-2-1-3-11-21/h1-5,7,9-15,17-18,26H,6,8,16H2,(H,25,27)/b14-13+. The number of sulfonamides is 1. The lowest BCUT2D eigenvalue weighted by molar-refractivity contribution is -0.116. The predicted molar refractivity (Wildman–Crippen MR) is 118 cm³/mol. The zero-order chi connectivity index (χ0) is 21.2. The first kappa shape index (κ1) is 21.3. The monoisotopic (exact) mass is 421 g/mol. The first-order valence-electron chi connectivity index (χ1n) is 9.56. The van der Waals surface area contributed by atoms with Crippen molar-refractivity contribution in [2.75, 3.05) is 11.3 Å². The molecule has 1 heterocycles. The van der Waals surface area contributed by atoms with Crippen molar-refractivity contribution in [2.24, 2.45) is 0 Å². The SMILES string of the molecule is O=C(/C=C/c1cccnc1)NCCCc1cccc(S(=O)(=O)Nc2ccccc2)c1. The van der Waals surface area contributed by atoms with Gasteiger partial charge in [0.1, 0.15) is 0 Å². The van der Waals surface area contributed by atoms with Crippen molar-refractivity contribution in [1.29, 1.82) is 0 Å². The molecule has 0 saturated heterocycles. The van der Waals surface area contributed by atoms with E-state index in [4.69, 9.17) is 0 Å². The van der Waals surface area contributed by atoms with Gasteiger partial charge in [-0.3, -0.25) is 14.5 Å². The smallest absolute Gasteiger partial charge is 0.261 e. The molecule has 0 saturated carbocycles. The molecule has 2 N–H and O–H groups in total. The van der Waals surface area contributed by atoms with Crippen LogP contribution in [0.2, 0.25) is 0 Å². The number of carbonyl (C=O) groups is 1. The third-order valence-corrected chi connectivity index (χ3v) is 5.67. The van der Waals surface area contributed by atoms with Crippen molar-refractivity contribution in [3.05, 3.63) is 96.3 Å². The minimum absolute atomic E-state index is 0.178. The number of nitrogens with one attached hydrogen (secondary N) is 2. The molecule has 0 aliphatic carbocycles. The summed E-state index contributed by atoms with van der Waals surface area (Å²) in [6, 6.07) is 19.3. The summed E-state index contributed by atoms with van der Waals surface area (Å²) in [6.07, 6.45) is 7.88. The second-order valence-electron chi connectivity index (χ2n) is 6.63. The Balaban J connectivity index is 1.49. The Morgan fingerprint density at radius 2 is 1.83 bits per heavy atom. The highest BCUT2D eigenvalue weighted by molar-refractivity contribution is 7.92. The van der Waals surface area contributed by atoms with Crippen LogP contribution in [0.5, 0.6) is 0 Å². The van der Waals surface area contributed by atoms with Crippen LogP contribution in [0, 0.1) is 0 Å². The third kappa shape index (κ3) is 6.56. The van der Waals surface area contributed by atoms with Crippen molar-refractivity contribution >= 4 is 27.7 Å². The molecule has 30 heavy (non-hydrogen) atoms. The van der Waals surface area contributed by atoms with Crippen molar-refractivity contribution < 1.29 is 13.2 Å². The highest BCUT2D eigenvalue weighted by atomic mass is 32.2. The molecule has 1 aromatic heterocycles. The lowest BCUT2D eigenvalue weighted by atomic mass is 10.1. The third-order valence-electron chi connectivity index (χ3n) is 4.29. The number of hydrogen-bond acceptors (Lipinski definition) is 4. The van der Waals surface area contributed by atoms with Gasteiger partial charge in [-0.15, -0.1) is 0 Å². The van der Waals surface area contributed by atoms with Gasteiger partial charge < -0.3 is 5.32 Å². The first-order chi connectivity index (χ1) is 14.5. The second-order valence-corrected chi connectivity index (χ2v) is 8.32. The zero-order valence-electron chi connectivity index (χ0n) is 16.4. The van der Waals surface area contributed by atoms with E-state index in [2.05, 4.69) is 15.0 Å². The lowest BCUT2D eigenvalue weighted by Gasteiger charge is -2.09. The normalized spacial score (nSPS) is 11.3. The maximum atomic E-state index is 12.6. The fraction of sp³-hybridized carbons (Fsp3) is 0.130. The molecule has 154 valence electrons. The number of para-hydroxylation sites is 1. The van der Waals surface area contributed by atoms with E-state index in [1.54, 1.807) is 67.0 Å². The molecule has 3 rings (SSSR count). The number of hydrogen-bond donors (Lipinski definition) is 2. The Morgan fingerprint density at radius 1 is 1.00 bits per heavy atom. The minimum atomic E-state index is -3.65. The summed E-state index contributed by atoms with van der Waals surface area (Å²) in [7, 11) is -3.65. The summed E-state index contributed by atoms with van der Waals surface area (Å²) in [5.41, 5.74) is 2.27. The number of aryl methyl sites for hydroxylation is 1. The summed E-state index contributed by atoms with van der Waals surface area (Å²) in [6.45, 7) is 0.495.